The van der Waals surface area contributed by atoms with Gasteiger partial charge in [0.2, 0.25) is 10.0 Å². The van der Waals surface area contributed by atoms with Crippen LogP contribution in [-0.2, 0) is 10.0 Å². The van der Waals surface area contributed by atoms with Crippen LogP contribution in [-0.4, -0.2) is 26.2 Å². The van der Waals surface area contributed by atoms with E-state index in [1.54, 1.807) is 19.1 Å². The molecule has 0 aliphatic heterocycles. The molecule has 0 fully saturated rings. The van der Waals surface area contributed by atoms with E-state index in [0.717, 1.165) is 0 Å². The number of hydrogen-bond acceptors (Lipinski definition) is 5. The lowest BCUT2D eigenvalue weighted by Gasteiger charge is -2.12. The van der Waals surface area contributed by atoms with Crippen LogP contribution >= 0.6 is 0 Å². The summed E-state index contributed by atoms with van der Waals surface area (Å²) in [7, 11) is -3.81. The molecule has 6 nitrogen and oxygen atoms in total. The van der Waals surface area contributed by atoms with Crippen LogP contribution in [0.2, 0.25) is 0 Å². The number of anilines is 2. The minimum absolute atomic E-state index is 0.0388. The van der Waals surface area contributed by atoms with E-state index in [1.165, 1.54) is 6.07 Å². The van der Waals surface area contributed by atoms with E-state index in [4.69, 9.17) is 16.0 Å². The Morgan fingerprint density at radius 1 is 1.47 bits per heavy atom. The third kappa shape index (κ3) is 4.22. The minimum Gasteiger partial charge on any atom is -0.399 e. The first-order valence-electron chi connectivity index (χ1n) is 5.15. The monoisotopic (exact) mass is 259 g/mol. The van der Waals surface area contributed by atoms with Crippen LogP contribution in [0, 0.1) is 0 Å². The Morgan fingerprint density at radius 2 is 2.12 bits per heavy atom. The van der Waals surface area contributed by atoms with Crippen molar-refractivity contribution in [1.82, 2.24) is 0 Å². The van der Waals surface area contributed by atoms with Crippen LogP contribution in [0.1, 0.15) is 13.3 Å². The van der Waals surface area contributed by atoms with Gasteiger partial charge in [0.1, 0.15) is 4.90 Å². The van der Waals surface area contributed by atoms with Gasteiger partial charge in [0, 0.05) is 12.2 Å². The van der Waals surface area contributed by atoms with Crippen LogP contribution in [0.25, 0.3) is 0 Å². The Kier molecular flexibility index (Phi) is 4.33. The van der Waals surface area contributed by atoms with Crippen molar-refractivity contribution in [2.24, 2.45) is 5.14 Å². The standard InChI is InChI=1S/C10H17N3O3S/c1-7(14)4-5-13-9-3-2-8(11)6-10(9)17(12,15)16/h2-3,6-7,13-14H,4-5,11H2,1H3,(H2,12,15,16). The van der Waals surface area contributed by atoms with Gasteiger partial charge in [0.05, 0.1) is 11.8 Å². The molecule has 0 aliphatic carbocycles. The van der Waals surface area contributed by atoms with Crippen molar-refractivity contribution in [2.75, 3.05) is 17.6 Å². The summed E-state index contributed by atoms with van der Waals surface area (Å²) in [5.41, 5.74) is 6.23. The summed E-state index contributed by atoms with van der Waals surface area (Å²) in [6, 6.07) is 4.44. The summed E-state index contributed by atoms with van der Waals surface area (Å²) >= 11 is 0. The number of primary sulfonamides is 1. The number of aliphatic hydroxyl groups excluding tert-OH is 1. The third-order valence-corrected chi connectivity index (χ3v) is 3.14. The molecule has 1 aromatic rings. The lowest BCUT2D eigenvalue weighted by Crippen LogP contribution is -2.17. The SMILES string of the molecule is CC(O)CCNc1ccc(N)cc1S(N)(=O)=O. The lowest BCUT2D eigenvalue weighted by atomic mass is 10.2. The maximum absolute atomic E-state index is 11.3. The van der Waals surface area contributed by atoms with Crippen LogP contribution in [0.15, 0.2) is 23.1 Å². The predicted octanol–water partition coefficient (Wildman–Crippen LogP) is 0.0990. The molecule has 7 heteroatoms. The third-order valence-electron chi connectivity index (χ3n) is 2.19. The fourth-order valence-electron chi connectivity index (χ4n) is 1.34. The van der Waals surface area contributed by atoms with Crippen LogP contribution in [0.5, 0.6) is 0 Å². The van der Waals surface area contributed by atoms with Gasteiger partial charge in [0.15, 0.2) is 0 Å². The second-order valence-corrected chi connectivity index (χ2v) is 5.39. The fourth-order valence-corrected chi connectivity index (χ4v) is 2.08. The Hall–Kier alpha value is -1.31. The number of hydrogen-bond donors (Lipinski definition) is 4. The highest BCUT2D eigenvalue weighted by Gasteiger charge is 2.14. The zero-order chi connectivity index (χ0) is 13.1. The molecule has 0 bridgehead atoms. The molecule has 1 atom stereocenters. The predicted molar refractivity (Wildman–Crippen MR) is 67.0 cm³/mol. The van der Waals surface area contributed by atoms with E-state index in [0.29, 0.717) is 24.3 Å². The zero-order valence-electron chi connectivity index (χ0n) is 9.55. The number of nitrogen functional groups attached to an aromatic ring is 1. The van der Waals surface area contributed by atoms with Crippen LogP contribution in [0.4, 0.5) is 11.4 Å². The second-order valence-electron chi connectivity index (χ2n) is 3.87. The summed E-state index contributed by atoms with van der Waals surface area (Å²) in [6.07, 6.45) is 0.0586. The molecule has 1 unspecified atom stereocenters. The fraction of sp³-hybridized carbons (Fsp3) is 0.400. The van der Waals surface area contributed by atoms with Crippen molar-refractivity contribution in [1.29, 1.82) is 0 Å². The van der Waals surface area contributed by atoms with E-state index < -0.39 is 16.1 Å². The maximum atomic E-state index is 11.3. The molecule has 0 heterocycles. The molecule has 0 spiro atoms. The molecular formula is C10H17N3O3S. The van der Waals surface area contributed by atoms with Gasteiger partial charge in [-0.3, -0.25) is 0 Å². The van der Waals surface area contributed by atoms with Gasteiger partial charge < -0.3 is 16.2 Å². The topological polar surface area (TPSA) is 118 Å². The average Bonchev–Trinajstić information content (AvgIpc) is 2.18. The average molecular weight is 259 g/mol. The molecule has 0 saturated heterocycles. The number of aliphatic hydroxyl groups is 1. The second kappa shape index (κ2) is 5.35. The van der Waals surface area contributed by atoms with Crippen molar-refractivity contribution >= 4 is 21.4 Å². The summed E-state index contributed by atoms with van der Waals surface area (Å²) in [5.74, 6) is 0. The number of rotatable bonds is 5. The Labute approximate surface area is 101 Å². The summed E-state index contributed by atoms with van der Waals surface area (Å²) in [5, 5.41) is 17.1. The van der Waals surface area contributed by atoms with E-state index >= 15 is 0 Å². The lowest BCUT2D eigenvalue weighted by molar-refractivity contribution is 0.188. The van der Waals surface area contributed by atoms with Crippen molar-refractivity contribution < 1.29 is 13.5 Å². The van der Waals surface area contributed by atoms with E-state index in [2.05, 4.69) is 5.32 Å². The molecule has 0 saturated carbocycles. The van der Waals surface area contributed by atoms with Gasteiger partial charge in [-0.05, 0) is 31.5 Å². The minimum atomic E-state index is -3.81. The van der Waals surface area contributed by atoms with Gasteiger partial charge in [-0.25, -0.2) is 13.6 Å². The van der Waals surface area contributed by atoms with Crippen molar-refractivity contribution in [3.05, 3.63) is 18.2 Å². The molecule has 0 aromatic heterocycles. The smallest absolute Gasteiger partial charge is 0.240 e. The Balaban J connectivity index is 2.92. The summed E-state index contributed by atoms with van der Waals surface area (Å²) < 4.78 is 22.7. The van der Waals surface area contributed by atoms with Gasteiger partial charge in [0.25, 0.3) is 0 Å². The van der Waals surface area contributed by atoms with Crippen molar-refractivity contribution in [3.63, 3.8) is 0 Å². The summed E-state index contributed by atoms with van der Waals surface area (Å²) in [4.78, 5) is -0.0388. The molecule has 17 heavy (non-hydrogen) atoms. The maximum Gasteiger partial charge on any atom is 0.240 e. The van der Waals surface area contributed by atoms with E-state index in [1.807, 2.05) is 0 Å². The molecule has 0 aliphatic rings. The molecule has 0 radical (unpaired) electrons. The van der Waals surface area contributed by atoms with Gasteiger partial charge >= 0.3 is 0 Å². The quantitative estimate of drug-likeness (QED) is 0.559. The number of sulfonamides is 1. The molecular weight excluding hydrogens is 242 g/mol. The normalized spacial score (nSPS) is 13.4. The largest absolute Gasteiger partial charge is 0.399 e. The van der Waals surface area contributed by atoms with Gasteiger partial charge in [-0.15, -0.1) is 0 Å². The van der Waals surface area contributed by atoms with Crippen molar-refractivity contribution in [3.8, 4) is 0 Å². The Bertz CT molecular complexity index is 486. The van der Waals surface area contributed by atoms with Gasteiger partial charge in [-0.2, -0.15) is 0 Å². The van der Waals surface area contributed by atoms with E-state index in [9.17, 15) is 8.42 Å². The highest BCUT2D eigenvalue weighted by Crippen LogP contribution is 2.22. The van der Waals surface area contributed by atoms with Crippen molar-refractivity contribution in [2.45, 2.75) is 24.3 Å². The summed E-state index contributed by atoms with van der Waals surface area (Å²) in [6.45, 7) is 2.11. The van der Waals surface area contributed by atoms with E-state index in [-0.39, 0.29) is 4.90 Å². The van der Waals surface area contributed by atoms with Gasteiger partial charge in [-0.1, -0.05) is 0 Å². The first-order valence-corrected chi connectivity index (χ1v) is 6.69. The zero-order valence-corrected chi connectivity index (χ0v) is 10.4. The highest BCUT2D eigenvalue weighted by molar-refractivity contribution is 7.89. The Morgan fingerprint density at radius 3 is 2.65 bits per heavy atom. The molecule has 6 N–H and O–H groups in total. The molecule has 0 amide bonds. The number of benzene rings is 1. The first-order chi connectivity index (χ1) is 7.80. The number of nitrogens with one attached hydrogen (secondary N) is 1. The van der Waals surface area contributed by atoms with Crippen LogP contribution in [0.3, 0.4) is 0 Å². The highest BCUT2D eigenvalue weighted by atomic mass is 32.2. The molecule has 1 rings (SSSR count). The molecule has 1 aromatic carbocycles. The number of nitrogens with two attached hydrogens (primary N) is 2. The first kappa shape index (κ1) is 13.8. The van der Waals surface area contributed by atoms with Crippen LogP contribution < -0.4 is 16.2 Å². The molecule has 96 valence electrons.